The Labute approximate surface area is 136 Å². The molecule has 2 aliphatic rings. The minimum atomic E-state index is -0.327. The molecule has 4 rings (SSSR count). The van der Waals surface area contributed by atoms with Crippen LogP contribution in [0, 0.1) is 0 Å². The van der Waals surface area contributed by atoms with Gasteiger partial charge in [-0.1, -0.05) is 23.9 Å². The quantitative estimate of drug-likeness (QED) is 0.792. The van der Waals surface area contributed by atoms with Gasteiger partial charge in [-0.15, -0.1) is 10.2 Å². The first-order chi connectivity index (χ1) is 11.2. The average Bonchev–Trinajstić information content (AvgIpc) is 3.14. The number of para-hydroxylation sites is 2. The average molecular weight is 333 g/mol. The summed E-state index contributed by atoms with van der Waals surface area (Å²) in [6.45, 7) is 0.844. The second-order valence-electron chi connectivity index (χ2n) is 5.33. The van der Waals surface area contributed by atoms with Gasteiger partial charge in [0.25, 0.3) is 0 Å². The van der Waals surface area contributed by atoms with Crippen LogP contribution in [0.3, 0.4) is 0 Å². The fraction of sp³-hybridized carbons (Fsp3) is 0.400. The lowest BCUT2D eigenvalue weighted by Crippen LogP contribution is -2.24. The normalized spacial score (nSPS) is 22.9. The zero-order chi connectivity index (χ0) is 15.8. The fourth-order valence-corrected chi connectivity index (χ4v) is 3.54. The molecule has 7 nitrogen and oxygen atoms in total. The number of aromatic nitrogens is 3. The number of benzene rings is 1. The Morgan fingerprint density at radius 3 is 2.83 bits per heavy atom. The lowest BCUT2D eigenvalue weighted by molar-refractivity contribution is -0.137. The van der Waals surface area contributed by atoms with Gasteiger partial charge in [-0.25, -0.2) is 0 Å². The number of hydrogen-bond donors (Lipinski definition) is 0. The van der Waals surface area contributed by atoms with Crippen molar-refractivity contribution in [1.82, 2.24) is 14.8 Å². The molecule has 23 heavy (non-hydrogen) atoms. The van der Waals surface area contributed by atoms with Gasteiger partial charge in [-0.05, 0) is 12.1 Å². The van der Waals surface area contributed by atoms with E-state index in [0.717, 1.165) is 5.75 Å². The van der Waals surface area contributed by atoms with Crippen LogP contribution in [-0.4, -0.2) is 39.2 Å². The third kappa shape index (κ3) is 2.63. The number of thioether (sulfide) groups is 1. The first-order valence-corrected chi connectivity index (χ1v) is 8.21. The standard InChI is InChI=1S/C15H15N3O4S/c1-18-13(11-8-21-9-4-2-3-5-10(9)22-11)16-17-15(18)23-12-6-7-20-14(12)19/h2-5,11-12H,6-8H2,1H3/t11-,12+/m1/s1. The number of esters is 1. The molecule has 2 aromatic rings. The molecule has 0 spiro atoms. The van der Waals surface area contributed by atoms with E-state index in [1.807, 2.05) is 35.9 Å². The van der Waals surface area contributed by atoms with Crippen LogP contribution in [0.5, 0.6) is 11.5 Å². The molecule has 1 saturated heterocycles. The molecule has 1 aromatic carbocycles. The van der Waals surface area contributed by atoms with Crippen LogP contribution in [0.25, 0.3) is 0 Å². The number of fused-ring (bicyclic) bond motifs is 1. The predicted molar refractivity (Wildman–Crippen MR) is 81.5 cm³/mol. The molecule has 0 radical (unpaired) electrons. The second kappa shape index (κ2) is 5.77. The maximum atomic E-state index is 11.6. The molecule has 0 amide bonds. The Morgan fingerprint density at radius 1 is 1.22 bits per heavy atom. The number of carbonyl (C=O) groups excluding carboxylic acids is 1. The van der Waals surface area contributed by atoms with Gasteiger partial charge in [0.2, 0.25) is 0 Å². The Bertz CT molecular complexity index is 748. The number of ether oxygens (including phenoxy) is 3. The van der Waals surface area contributed by atoms with Crippen molar-refractivity contribution in [2.75, 3.05) is 13.2 Å². The molecular weight excluding hydrogens is 318 g/mol. The molecule has 2 atom stereocenters. The molecule has 0 bridgehead atoms. The van der Waals surface area contributed by atoms with Crippen LogP contribution < -0.4 is 9.47 Å². The van der Waals surface area contributed by atoms with Gasteiger partial charge in [0.15, 0.2) is 28.6 Å². The SMILES string of the molecule is Cn1c(S[C@H]2CCOC2=O)nnc1[C@H]1COc2ccccc2O1. The van der Waals surface area contributed by atoms with Crippen molar-refractivity contribution >= 4 is 17.7 Å². The summed E-state index contributed by atoms with van der Waals surface area (Å²) >= 11 is 1.37. The number of rotatable bonds is 3. The van der Waals surface area contributed by atoms with E-state index in [1.165, 1.54) is 11.8 Å². The van der Waals surface area contributed by atoms with E-state index in [-0.39, 0.29) is 17.3 Å². The molecule has 120 valence electrons. The number of hydrogen-bond acceptors (Lipinski definition) is 7. The van der Waals surface area contributed by atoms with Crippen molar-refractivity contribution in [3.63, 3.8) is 0 Å². The highest BCUT2D eigenvalue weighted by Gasteiger charge is 2.31. The molecule has 0 aliphatic carbocycles. The first-order valence-electron chi connectivity index (χ1n) is 7.33. The van der Waals surface area contributed by atoms with Crippen LogP contribution in [-0.2, 0) is 16.6 Å². The molecular formula is C15H15N3O4S. The first kappa shape index (κ1) is 14.4. The number of cyclic esters (lactones) is 1. The van der Waals surface area contributed by atoms with Crippen LogP contribution >= 0.6 is 11.8 Å². The van der Waals surface area contributed by atoms with Gasteiger partial charge in [-0.3, -0.25) is 4.79 Å². The Kier molecular flexibility index (Phi) is 3.60. The molecule has 0 saturated carbocycles. The monoisotopic (exact) mass is 333 g/mol. The second-order valence-corrected chi connectivity index (χ2v) is 6.50. The summed E-state index contributed by atoms with van der Waals surface area (Å²) in [5.74, 6) is 1.91. The Hall–Kier alpha value is -2.22. The van der Waals surface area contributed by atoms with Crippen molar-refractivity contribution in [1.29, 1.82) is 0 Å². The lowest BCUT2D eigenvalue weighted by atomic mass is 10.2. The molecule has 8 heteroatoms. The van der Waals surface area contributed by atoms with Gasteiger partial charge >= 0.3 is 5.97 Å². The lowest BCUT2D eigenvalue weighted by Gasteiger charge is -2.25. The van der Waals surface area contributed by atoms with Gasteiger partial charge in [0.1, 0.15) is 11.9 Å². The van der Waals surface area contributed by atoms with Gasteiger partial charge in [-0.2, -0.15) is 0 Å². The van der Waals surface area contributed by atoms with Crippen molar-refractivity contribution in [3.05, 3.63) is 30.1 Å². The highest BCUT2D eigenvalue weighted by molar-refractivity contribution is 8.00. The zero-order valence-electron chi connectivity index (χ0n) is 12.5. The maximum absolute atomic E-state index is 11.6. The van der Waals surface area contributed by atoms with Crippen LogP contribution in [0.1, 0.15) is 18.3 Å². The predicted octanol–water partition coefficient (Wildman–Crippen LogP) is 1.74. The molecule has 1 aromatic heterocycles. The number of carbonyl (C=O) groups is 1. The smallest absolute Gasteiger partial charge is 0.319 e. The summed E-state index contributed by atoms with van der Waals surface area (Å²) in [6.07, 6.45) is 0.370. The van der Waals surface area contributed by atoms with Crippen molar-refractivity contribution in [2.45, 2.75) is 22.9 Å². The van der Waals surface area contributed by atoms with Crippen LogP contribution in [0.2, 0.25) is 0 Å². The van der Waals surface area contributed by atoms with E-state index in [9.17, 15) is 4.79 Å². The van der Waals surface area contributed by atoms with Crippen LogP contribution in [0.4, 0.5) is 0 Å². The summed E-state index contributed by atoms with van der Waals surface area (Å²) < 4.78 is 18.5. The highest BCUT2D eigenvalue weighted by atomic mass is 32.2. The third-order valence-corrected chi connectivity index (χ3v) is 5.08. The summed E-state index contributed by atoms with van der Waals surface area (Å²) in [6, 6.07) is 7.53. The summed E-state index contributed by atoms with van der Waals surface area (Å²) in [5.41, 5.74) is 0. The largest absolute Gasteiger partial charge is 0.485 e. The van der Waals surface area contributed by atoms with Gasteiger partial charge in [0.05, 0.1) is 6.61 Å². The van der Waals surface area contributed by atoms with Gasteiger partial charge < -0.3 is 18.8 Å². The Balaban J connectivity index is 1.53. The summed E-state index contributed by atoms with van der Waals surface area (Å²) in [7, 11) is 1.86. The highest BCUT2D eigenvalue weighted by Crippen LogP contribution is 2.36. The molecule has 0 N–H and O–H groups in total. The third-order valence-electron chi connectivity index (χ3n) is 3.80. The fourth-order valence-electron chi connectivity index (χ4n) is 2.57. The van der Waals surface area contributed by atoms with E-state index in [4.69, 9.17) is 14.2 Å². The van der Waals surface area contributed by atoms with Crippen molar-refractivity contribution in [2.24, 2.45) is 7.05 Å². The molecule has 3 heterocycles. The van der Waals surface area contributed by atoms with Gasteiger partial charge in [0, 0.05) is 13.5 Å². The number of nitrogens with zero attached hydrogens (tertiary/aromatic N) is 3. The molecule has 2 aliphatic heterocycles. The van der Waals surface area contributed by atoms with Crippen molar-refractivity contribution in [3.8, 4) is 11.5 Å². The summed E-state index contributed by atoms with van der Waals surface area (Å²) in [5, 5.41) is 8.85. The summed E-state index contributed by atoms with van der Waals surface area (Å²) in [4.78, 5) is 11.6. The van der Waals surface area contributed by atoms with E-state index >= 15 is 0 Å². The minimum absolute atomic E-state index is 0.189. The molecule has 0 unspecified atom stereocenters. The molecule has 1 fully saturated rings. The Morgan fingerprint density at radius 2 is 2.04 bits per heavy atom. The topological polar surface area (TPSA) is 75.5 Å². The van der Waals surface area contributed by atoms with Crippen LogP contribution in [0.15, 0.2) is 29.4 Å². The van der Waals surface area contributed by atoms with E-state index in [2.05, 4.69) is 10.2 Å². The van der Waals surface area contributed by atoms with Crippen molar-refractivity contribution < 1.29 is 19.0 Å². The van der Waals surface area contributed by atoms with E-state index < -0.39 is 0 Å². The minimum Gasteiger partial charge on any atom is -0.485 e. The zero-order valence-corrected chi connectivity index (χ0v) is 13.3. The van der Waals surface area contributed by atoms with E-state index in [0.29, 0.717) is 36.4 Å². The van der Waals surface area contributed by atoms with E-state index in [1.54, 1.807) is 0 Å². The maximum Gasteiger partial charge on any atom is 0.319 e.